The van der Waals surface area contributed by atoms with Crippen LogP contribution in [0.15, 0.2) is 60.0 Å². The number of halogens is 2. The van der Waals surface area contributed by atoms with Gasteiger partial charge in [0.05, 0.1) is 35.1 Å². The quantitative estimate of drug-likeness (QED) is 0.189. The summed E-state index contributed by atoms with van der Waals surface area (Å²) in [6.45, 7) is -1.64. The molecular formula is C27H28F2N8O2S. The Morgan fingerprint density at radius 2 is 2.05 bits per heavy atom. The zero-order valence-electron chi connectivity index (χ0n) is 22.2. The van der Waals surface area contributed by atoms with E-state index in [0.29, 0.717) is 45.7 Å². The minimum Gasteiger partial charge on any atom is -0.433 e. The van der Waals surface area contributed by atoms with Crippen LogP contribution in [0.3, 0.4) is 0 Å². The number of fused-ring (bicyclic) bond motifs is 2. The number of carbonyl (C=O) groups excluding carboxylic acids is 1. The number of pyridine rings is 1. The third-order valence-corrected chi connectivity index (χ3v) is 6.97. The number of thioether (sulfide) groups is 1. The van der Waals surface area contributed by atoms with Crippen LogP contribution in [0, 0.1) is 0 Å². The van der Waals surface area contributed by atoms with Crippen LogP contribution >= 0.6 is 11.8 Å². The second-order valence-corrected chi connectivity index (χ2v) is 10.2. The Morgan fingerprint density at radius 1 is 1.20 bits per heavy atom. The largest absolute Gasteiger partial charge is 0.433 e. The Hall–Kier alpha value is -4.10. The highest BCUT2D eigenvalue weighted by atomic mass is 32.2. The Bertz CT molecular complexity index is 1650. The summed E-state index contributed by atoms with van der Waals surface area (Å²) in [5, 5.41) is 12.6. The van der Waals surface area contributed by atoms with Crippen LogP contribution in [-0.4, -0.2) is 80.2 Å². The van der Waals surface area contributed by atoms with E-state index in [1.165, 1.54) is 22.5 Å². The lowest BCUT2D eigenvalue weighted by Gasteiger charge is -2.13. The van der Waals surface area contributed by atoms with Gasteiger partial charge >= 0.3 is 6.61 Å². The summed E-state index contributed by atoms with van der Waals surface area (Å²) < 4.78 is 34.7. The van der Waals surface area contributed by atoms with Crippen LogP contribution in [0.1, 0.15) is 12.1 Å². The van der Waals surface area contributed by atoms with E-state index < -0.39 is 6.61 Å². The van der Waals surface area contributed by atoms with Crippen LogP contribution in [-0.2, 0) is 11.2 Å². The second kappa shape index (κ2) is 12.0. The van der Waals surface area contributed by atoms with Gasteiger partial charge in [0, 0.05) is 35.4 Å². The number of alkyl halides is 2. The molecule has 0 spiro atoms. The minimum absolute atomic E-state index is 0.00197. The predicted octanol–water partition coefficient (Wildman–Crippen LogP) is 4.06. The Morgan fingerprint density at radius 3 is 2.83 bits per heavy atom. The normalized spacial score (nSPS) is 11.7. The number of rotatable bonds is 11. The highest BCUT2D eigenvalue weighted by molar-refractivity contribution is 7.98. The smallest absolute Gasteiger partial charge is 0.387 e. The summed E-state index contributed by atoms with van der Waals surface area (Å²) in [4.78, 5) is 24.8. The molecule has 10 nitrogen and oxygen atoms in total. The second-order valence-electron chi connectivity index (χ2n) is 9.29. The molecule has 40 heavy (non-hydrogen) atoms. The maximum atomic E-state index is 13.3. The fourth-order valence-electron chi connectivity index (χ4n) is 4.36. The summed E-state index contributed by atoms with van der Waals surface area (Å²) in [7, 11) is 3.95. The van der Waals surface area contributed by atoms with Gasteiger partial charge in [-0.15, -0.1) is 11.8 Å². The zero-order valence-corrected chi connectivity index (χ0v) is 23.0. The number of aromatic nitrogens is 6. The molecule has 0 aliphatic heterocycles. The molecule has 0 atom stereocenters. The molecule has 1 aromatic carbocycles. The van der Waals surface area contributed by atoms with Gasteiger partial charge in [0.25, 0.3) is 0 Å². The number of benzene rings is 1. The summed E-state index contributed by atoms with van der Waals surface area (Å²) in [6, 6.07) is 8.50. The van der Waals surface area contributed by atoms with E-state index in [1.807, 2.05) is 25.3 Å². The lowest BCUT2D eigenvalue weighted by Crippen LogP contribution is -2.28. The summed E-state index contributed by atoms with van der Waals surface area (Å²) in [5.41, 5.74) is 3.24. The summed E-state index contributed by atoms with van der Waals surface area (Å²) in [6.07, 6.45) is 9.45. The molecular weight excluding hydrogens is 538 g/mol. The van der Waals surface area contributed by atoms with Crippen molar-refractivity contribution in [2.75, 3.05) is 33.4 Å². The van der Waals surface area contributed by atoms with Crippen molar-refractivity contribution in [2.24, 2.45) is 0 Å². The maximum Gasteiger partial charge on any atom is 0.387 e. The van der Waals surface area contributed by atoms with E-state index in [2.05, 4.69) is 20.4 Å². The predicted molar refractivity (Wildman–Crippen MR) is 149 cm³/mol. The molecule has 0 aliphatic rings. The molecule has 1 N–H and O–H groups in total. The molecule has 5 aromatic rings. The molecule has 1 amide bonds. The lowest BCUT2D eigenvalue weighted by molar-refractivity contribution is -0.120. The Labute approximate surface area is 233 Å². The van der Waals surface area contributed by atoms with Crippen molar-refractivity contribution in [2.45, 2.75) is 24.3 Å². The molecule has 0 saturated heterocycles. The van der Waals surface area contributed by atoms with Gasteiger partial charge < -0.3 is 15.0 Å². The molecule has 0 fully saturated rings. The first kappa shape index (κ1) is 27.5. The van der Waals surface area contributed by atoms with Crippen molar-refractivity contribution in [3.63, 3.8) is 0 Å². The molecule has 4 aromatic heterocycles. The van der Waals surface area contributed by atoms with Gasteiger partial charge in [-0.25, -0.2) is 14.2 Å². The number of carbonyl (C=O) groups is 1. The van der Waals surface area contributed by atoms with Crippen molar-refractivity contribution in [1.29, 1.82) is 0 Å². The van der Waals surface area contributed by atoms with Crippen molar-refractivity contribution in [1.82, 2.24) is 39.6 Å². The first-order valence-electron chi connectivity index (χ1n) is 12.5. The van der Waals surface area contributed by atoms with E-state index in [-0.39, 0.29) is 18.1 Å². The third kappa shape index (κ3) is 5.89. The highest BCUT2D eigenvalue weighted by Gasteiger charge is 2.21. The van der Waals surface area contributed by atoms with Crippen molar-refractivity contribution in [3.8, 4) is 22.7 Å². The molecule has 0 radical (unpaired) electrons. The fraction of sp³-hybridized carbons (Fsp3) is 0.296. The fourth-order valence-corrected chi connectivity index (χ4v) is 4.80. The van der Waals surface area contributed by atoms with Gasteiger partial charge in [-0.3, -0.25) is 9.78 Å². The van der Waals surface area contributed by atoms with Crippen LogP contribution in [0.25, 0.3) is 33.5 Å². The van der Waals surface area contributed by atoms with Crippen LogP contribution < -0.4 is 10.1 Å². The highest BCUT2D eigenvalue weighted by Crippen LogP contribution is 2.34. The van der Waals surface area contributed by atoms with Crippen molar-refractivity contribution < 1.29 is 18.3 Å². The maximum absolute atomic E-state index is 13.3. The first-order chi connectivity index (χ1) is 19.3. The topological polar surface area (TPSA) is 102 Å². The van der Waals surface area contributed by atoms with Gasteiger partial charge in [-0.1, -0.05) is 0 Å². The number of hydrogen-bond acceptors (Lipinski definition) is 8. The van der Waals surface area contributed by atoms with Crippen LogP contribution in [0.4, 0.5) is 8.78 Å². The minimum atomic E-state index is -3.02. The van der Waals surface area contributed by atoms with Gasteiger partial charge in [0.15, 0.2) is 11.4 Å². The molecule has 0 saturated carbocycles. The van der Waals surface area contributed by atoms with E-state index >= 15 is 0 Å². The number of amides is 1. The summed E-state index contributed by atoms with van der Waals surface area (Å²) >= 11 is 1.46. The molecule has 208 valence electrons. The number of ether oxygens (including phenoxy) is 1. The molecule has 0 unspecified atom stereocenters. The SMILES string of the molecule is CSc1ccc(OC(F)F)c(-n2nc(CC(=O)NCCCN(C)C)c3cnc(-c4cnn5cccnc45)cc32)c1. The van der Waals surface area contributed by atoms with Crippen molar-refractivity contribution >= 4 is 34.2 Å². The molecule has 0 aliphatic carbocycles. The van der Waals surface area contributed by atoms with Gasteiger partial charge in [-0.05, 0) is 63.6 Å². The third-order valence-electron chi connectivity index (χ3n) is 6.24. The average molecular weight is 567 g/mol. The summed E-state index contributed by atoms with van der Waals surface area (Å²) in [5.74, 6) is -0.226. The van der Waals surface area contributed by atoms with Crippen molar-refractivity contribution in [3.05, 3.63) is 60.8 Å². The number of hydrogen-bond donors (Lipinski definition) is 1. The molecule has 13 heteroatoms. The molecule has 5 rings (SSSR count). The van der Waals surface area contributed by atoms with E-state index in [1.54, 1.807) is 53.6 Å². The first-order valence-corrected chi connectivity index (χ1v) is 13.8. The van der Waals surface area contributed by atoms with Crippen LogP contribution in [0.5, 0.6) is 5.75 Å². The standard InChI is InChI=1S/C27H28F2N8O2S/c1-35(2)10-4-8-30-25(38)14-21-18-15-32-20(19-16-33-36-11-5-9-31-26(19)36)13-22(18)37(34-21)23-12-17(40-3)6-7-24(23)39-27(28)29/h5-7,9,11-13,15-16,27H,4,8,10,14H2,1-3H3,(H,30,38). The lowest BCUT2D eigenvalue weighted by atomic mass is 10.1. The Kier molecular flexibility index (Phi) is 8.21. The molecule has 4 heterocycles. The van der Waals surface area contributed by atoms with E-state index in [9.17, 15) is 13.6 Å². The van der Waals surface area contributed by atoms with Gasteiger partial charge in [-0.2, -0.15) is 19.0 Å². The van der Waals surface area contributed by atoms with Gasteiger partial charge in [0.2, 0.25) is 5.91 Å². The zero-order chi connectivity index (χ0) is 28.2. The van der Waals surface area contributed by atoms with E-state index in [0.717, 1.165) is 17.9 Å². The number of nitrogens with zero attached hydrogens (tertiary/aromatic N) is 7. The monoisotopic (exact) mass is 566 g/mol. The van der Waals surface area contributed by atoms with Gasteiger partial charge in [0.1, 0.15) is 5.69 Å². The average Bonchev–Trinajstić information content (AvgIpc) is 3.52. The Balaban J connectivity index is 1.60. The van der Waals surface area contributed by atoms with E-state index in [4.69, 9.17) is 9.84 Å². The van der Waals surface area contributed by atoms with Crippen LogP contribution in [0.2, 0.25) is 0 Å². The number of nitrogens with one attached hydrogen (secondary N) is 1. The molecule has 0 bridgehead atoms.